The lowest BCUT2D eigenvalue weighted by Crippen LogP contribution is -2.53. The van der Waals surface area contributed by atoms with Gasteiger partial charge in [0.05, 0.1) is 19.3 Å². The van der Waals surface area contributed by atoms with E-state index in [0.717, 1.165) is 0 Å². The lowest BCUT2D eigenvalue weighted by molar-refractivity contribution is -0.137. The number of ether oxygens (including phenoxy) is 1. The Kier molecular flexibility index (Phi) is 4.54. The molecule has 16 heavy (non-hydrogen) atoms. The minimum Gasteiger partial charge on any atom is -0.480 e. The van der Waals surface area contributed by atoms with Gasteiger partial charge in [0.2, 0.25) is 0 Å². The highest BCUT2D eigenvalue weighted by Gasteiger charge is 2.27. The quantitative estimate of drug-likeness (QED) is 0.753. The molecular formula is C10H18N2O4. The molecule has 6 nitrogen and oxygen atoms in total. The van der Waals surface area contributed by atoms with E-state index in [-0.39, 0.29) is 18.6 Å². The van der Waals surface area contributed by atoms with Crippen molar-refractivity contribution in [1.82, 2.24) is 9.80 Å². The number of carbonyl (C=O) groups is 2. The van der Waals surface area contributed by atoms with Gasteiger partial charge in [0.15, 0.2) is 0 Å². The number of likely N-dealkylation sites (N-methyl/N-ethyl adjacent to an activating group) is 1. The largest absolute Gasteiger partial charge is 0.480 e. The first-order valence-corrected chi connectivity index (χ1v) is 5.41. The number of urea groups is 1. The van der Waals surface area contributed by atoms with Crippen LogP contribution in [0.5, 0.6) is 0 Å². The molecule has 1 saturated heterocycles. The summed E-state index contributed by atoms with van der Waals surface area (Å²) in [6, 6.07) is -0.218. The Hall–Kier alpha value is -1.30. The summed E-state index contributed by atoms with van der Waals surface area (Å²) in [6.45, 7) is 5.36. The van der Waals surface area contributed by atoms with Crippen molar-refractivity contribution in [3.63, 3.8) is 0 Å². The van der Waals surface area contributed by atoms with E-state index in [9.17, 15) is 9.59 Å². The molecule has 6 heteroatoms. The summed E-state index contributed by atoms with van der Waals surface area (Å²) < 4.78 is 5.23. The molecular weight excluding hydrogens is 212 g/mol. The van der Waals surface area contributed by atoms with E-state index in [1.807, 2.05) is 6.92 Å². The van der Waals surface area contributed by atoms with Gasteiger partial charge < -0.3 is 19.6 Å². The van der Waals surface area contributed by atoms with Crippen LogP contribution in [0.1, 0.15) is 13.8 Å². The number of carboxylic acid groups (broad SMARTS) is 1. The van der Waals surface area contributed by atoms with Gasteiger partial charge in [0, 0.05) is 13.1 Å². The minimum absolute atomic E-state index is 0.00379. The van der Waals surface area contributed by atoms with Gasteiger partial charge in [-0.2, -0.15) is 0 Å². The van der Waals surface area contributed by atoms with Crippen molar-refractivity contribution in [2.75, 3.05) is 32.8 Å². The first-order valence-electron chi connectivity index (χ1n) is 5.41. The third-order valence-corrected chi connectivity index (χ3v) is 2.59. The normalized spacial score (nSPS) is 20.6. The molecule has 0 aromatic rings. The van der Waals surface area contributed by atoms with Crippen LogP contribution in [0, 0.1) is 0 Å². The maximum Gasteiger partial charge on any atom is 0.323 e. The van der Waals surface area contributed by atoms with Crippen molar-refractivity contribution in [3.05, 3.63) is 0 Å². The smallest absolute Gasteiger partial charge is 0.323 e. The van der Waals surface area contributed by atoms with Crippen LogP contribution < -0.4 is 0 Å². The molecule has 0 bridgehead atoms. The van der Waals surface area contributed by atoms with Crippen molar-refractivity contribution >= 4 is 12.0 Å². The summed E-state index contributed by atoms with van der Waals surface area (Å²) in [5, 5.41) is 8.69. The molecule has 1 heterocycles. The van der Waals surface area contributed by atoms with Gasteiger partial charge in [-0.15, -0.1) is 0 Å². The van der Waals surface area contributed by atoms with E-state index in [2.05, 4.69) is 0 Å². The number of hydrogen-bond donors (Lipinski definition) is 1. The van der Waals surface area contributed by atoms with Gasteiger partial charge in [0.1, 0.15) is 6.54 Å². The fraction of sp³-hybridized carbons (Fsp3) is 0.800. The molecule has 0 aliphatic carbocycles. The van der Waals surface area contributed by atoms with E-state index in [1.165, 1.54) is 4.90 Å². The molecule has 92 valence electrons. The fourth-order valence-corrected chi connectivity index (χ4v) is 1.67. The highest BCUT2D eigenvalue weighted by molar-refractivity contribution is 5.80. The maximum atomic E-state index is 12.0. The zero-order valence-corrected chi connectivity index (χ0v) is 9.68. The summed E-state index contributed by atoms with van der Waals surface area (Å²) in [5.74, 6) is -0.990. The van der Waals surface area contributed by atoms with Gasteiger partial charge in [0.25, 0.3) is 0 Å². The Bertz CT molecular complexity index is 270. The molecule has 0 saturated carbocycles. The van der Waals surface area contributed by atoms with Crippen molar-refractivity contribution in [3.8, 4) is 0 Å². The summed E-state index contributed by atoms with van der Waals surface area (Å²) in [7, 11) is 0. The van der Waals surface area contributed by atoms with Crippen LogP contribution in [0.15, 0.2) is 0 Å². The standard InChI is InChI=1S/C10H18N2O4/c1-3-11(6-9(13)14)10(15)12-4-5-16-7-8(12)2/h8H,3-7H2,1-2H3,(H,13,14). The second kappa shape index (κ2) is 5.69. The van der Waals surface area contributed by atoms with Crippen molar-refractivity contribution in [2.24, 2.45) is 0 Å². The number of carbonyl (C=O) groups excluding carboxylic acids is 1. The van der Waals surface area contributed by atoms with Gasteiger partial charge in [-0.25, -0.2) is 4.79 Å². The lowest BCUT2D eigenvalue weighted by Gasteiger charge is -2.36. The van der Waals surface area contributed by atoms with Gasteiger partial charge in [-0.1, -0.05) is 0 Å². The van der Waals surface area contributed by atoms with Crippen molar-refractivity contribution < 1.29 is 19.4 Å². The first-order chi connectivity index (χ1) is 7.56. The molecule has 0 aromatic heterocycles. The second-order valence-corrected chi connectivity index (χ2v) is 3.81. The predicted molar refractivity (Wildman–Crippen MR) is 57.3 cm³/mol. The Balaban J connectivity index is 2.62. The Morgan fingerprint density at radius 2 is 2.25 bits per heavy atom. The summed E-state index contributed by atoms with van der Waals surface area (Å²) in [5.41, 5.74) is 0. The SMILES string of the molecule is CCN(CC(=O)O)C(=O)N1CCOCC1C. The first kappa shape index (κ1) is 12.8. The highest BCUT2D eigenvalue weighted by atomic mass is 16.5. The number of hydrogen-bond acceptors (Lipinski definition) is 3. The number of rotatable bonds is 3. The molecule has 1 rings (SSSR count). The fourth-order valence-electron chi connectivity index (χ4n) is 1.67. The number of aliphatic carboxylic acids is 1. The van der Waals surface area contributed by atoms with Crippen LogP contribution in [0.3, 0.4) is 0 Å². The van der Waals surface area contributed by atoms with Crippen LogP contribution in [0.25, 0.3) is 0 Å². The molecule has 1 fully saturated rings. The number of nitrogens with zero attached hydrogens (tertiary/aromatic N) is 2. The molecule has 1 atom stereocenters. The molecule has 0 spiro atoms. The van der Waals surface area contributed by atoms with Gasteiger partial charge >= 0.3 is 12.0 Å². The average Bonchev–Trinajstić information content (AvgIpc) is 2.25. The lowest BCUT2D eigenvalue weighted by atomic mass is 10.2. The summed E-state index contributed by atoms with van der Waals surface area (Å²) in [6.07, 6.45) is 0. The molecule has 1 unspecified atom stereocenters. The molecule has 1 N–H and O–H groups in total. The van der Waals surface area contributed by atoms with Gasteiger partial charge in [-0.05, 0) is 13.8 Å². The van der Waals surface area contributed by atoms with Gasteiger partial charge in [-0.3, -0.25) is 4.79 Å². The van der Waals surface area contributed by atoms with E-state index < -0.39 is 5.97 Å². The topological polar surface area (TPSA) is 70.1 Å². The maximum absolute atomic E-state index is 12.0. The summed E-state index contributed by atoms with van der Waals surface area (Å²) >= 11 is 0. The number of amides is 2. The van der Waals surface area contributed by atoms with Crippen LogP contribution >= 0.6 is 0 Å². The van der Waals surface area contributed by atoms with E-state index in [1.54, 1.807) is 11.8 Å². The van der Waals surface area contributed by atoms with Crippen LogP contribution in [-0.4, -0.2) is 65.8 Å². The number of morpholine rings is 1. The second-order valence-electron chi connectivity index (χ2n) is 3.81. The Morgan fingerprint density at radius 3 is 2.75 bits per heavy atom. The molecule has 0 radical (unpaired) electrons. The third-order valence-electron chi connectivity index (χ3n) is 2.59. The Morgan fingerprint density at radius 1 is 1.56 bits per heavy atom. The van der Waals surface area contributed by atoms with E-state index in [4.69, 9.17) is 9.84 Å². The third kappa shape index (κ3) is 3.10. The van der Waals surface area contributed by atoms with Crippen LogP contribution in [0.2, 0.25) is 0 Å². The Labute approximate surface area is 94.8 Å². The molecule has 2 amide bonds. The monoisotopic (exact) mass is 230 g/mol. The summed E-state index contributed by atoms with van der Waals surface area (Å²) in [4.78, 5) is 25.6. The van der Waals surface area contributed by atoms with Crippen molar-refractivity contribution in [1.29, 1.82) is 0 Å². The highest BCUT2D eigenvalue weighted by Crippen LogP contribution is 2.09. The van der Waals surface area contributed by atoms with E-state index >= 15 is 0 Å². The number of carboxylic acids is 1. The molecule has 0 aromatic carbocycles. The molecule has 1 aliphatic heterocycles. The van der Waals surface area contributed by atoms with Crippen LogP contribution in [-0.2, 0) is 9.53 Å². The molecule has 1 aliphatic rings. The average molecular weight is 230 g/mol. The zero-order valence-electron chi connectivity index (χ0n) is 9.68. The zero-order chi connectivity index (χ0) is 12.1. The van der Waals surface area contributed by atoms with Crippen LogP contribution in [0.4, 0.5) is 4.79 Å². The van der Waals surface area contributed by atoms with Crippen molar-refractivity contribution in [2.45, 2.75) is 19.9 Å². The predicted octanol–water partition coefficient (Wildman–Crippen LogP) is 0.234. The minimum atomic E-state index is -0.990. The van der Waals surface area contributed by atoms with E-state index in [0.29, 0.717) is 26.3 Å².